The lowest BCUT2D eigenvalue weighted by molar-refractivity contribution is 0.304. The Balaban J connectivity index is 2.09. The van der Waals surface area contributed by atoms with E-state index in [-0.39, 0.29) is 6.67 Å². The van der Waals surface area contributed by atoms with Crippen LogP contribution in [0.5, 0.6) is 0 Å². The van der Waals surface area contributed by atoms with Gasteiger partial charge in [-0.2, -0.15) is 0 Å². The molecule has 3 heteroatoms. The molecule has 1 aliphatic rings. The second-order valence-electron chi connectivity index (χ2n) is 3.41. The van der Waals surface area contributed by atoms with Crippen LogP contribution in [0.4, 0.5) is 4.39 Å². The summed E-state index contributed by atoms with van der Waals surface area (Å²) < 4.78 is 11.8. The molecule has 11 heavy (non-hydrogen) atoms. The number of hydrogen-bond acceptors (Lipinski definition) is 1. The van der Waals surface area contributed by atoms with Gasteiger partial charge in [-0.15, -0.1) is 0 Å². The van der Waals surface area contributed by atoms with E-state index in [9.17, 15) is 4.39 Å². The van der Waals surface area contributed by atoms with E-state index < -0.39 is 0 Å². The maximum Gasteiger partial charge on any atom is 0.0906 e. The first kappa shape index (κ1) is 9.20. The van der Waals surface area contributed by atoms with Crippen molar-refractivity contribution in [2.75, 3.05) is 26.3 Å². The third-order valence-electron chi connectivity index (χ3n) is 2.56. The van der Waals surface area contributed by atoms with Crippen molar-refractivity contribution in [3.05, 3.63) is 0 Å². The molecular weight excluding hydrogens is 157 g/mol. The lowest BCUT2D eigenvalue weighted by Gasteiger charge is -2.13. The van der Waals surface area contributed by atoms with Crippen molar-refractivity contribution in [1.82, 2.24) is 4.90 Å². The SMILES string of the molecule is FCCCN1CC[C@H](C[SiH3])C1. The van der Waals surface area contributed by atoms with Gasteiger partial charge in [0.05, 0.1) is 6.67 Å². The molecule has 1 saturated heterocycles. The molecule has 1 atom stereocenters. The summed E-state index contributed by atoms with van der Waals surface area (Å²) in [5.41, 5.74) is 0. The Bertz CT molecular complexity index is 110. The summed E-state index contributed by atoms with van der Waals surface area (Å²) in [7, 11) is 1.33. The third kappa shape index (κ3) is 2.91. The molecule has 0 saturated carbocycles. The van der Waals surface area contributed by atoms with Gasteiger partial charge in [-0.3, -0.25) is 4.39 Å². The summed E-state index contributed by atoms with van der Waals surface area (Å²) in [5.74, 6) is 0.946. The van der Waals surface area contributed by atoms with Gasteiger partial charge in [0.1, 0.15) is 0 Å². The summed E-state index contributed by atoms with van der Waals surface area (Å²) in [6.45, 7) is 3.28. The fraction of sp³-hybridized carbons (Fsp3) is 1.00. The second kappa shape index (κ2) is 4.88. The van der Waals surface area contributed by atoms with E-state index in [0.29, 0.717) is 0 Å². The smallest absolute Gasteiger partial charge is 0.0906 e. The van der Waals surface area contributed by atoms with E-state index in [0.717, 1.165) is 18.9 Å². The Morgan fingerprint density at radius 1 is 1.55 bits per heavy atom. The third-order valence-corrected chi connectivity index (χ3v) is 3.71. The fourth-order valence-electron chi connectivity index (χ4n) is 1.73. The molecule has 0 N–H and O–H groups in total. The average Bonchev–Trinajstić information content (AvgIpc) is 2.48. The van der Waals surface area contributed by atoms with Crippen LogP contribution in [0.1, 0.15) is 12.8 Å². The molecule has 0 amide bonds. The first-order chi connectivity index (χ1) is 5.36. The summed E-state index contributed by atoms with van der Waals surface area (Å²) in [4.78, 5) is 2.40. The zero-order chi connectivity index (χ0) is 8.10. The predicted molar refractivity (Wildman–Crippen MR) is 49.9 cm³/mol. The van der Waals surface area contributed by atoms with Crippen LogP contribution in [-0.4, -0.2) is 41.5 Å². The molecule has 1 aliphatic heterocycles. The first-order valence-electron chi connectivity index (χ1n) is 4.65. The normalized spacial score (nSPS) is 26.5. The van der Waals surface area contributed by atoms with Crippen LogP contribution in [0.25, 0.3) is 0 Å². The number of nitrogens with zero attached hydrogens (tertiary/aromatic N) is 1. The van der Waals surface area contributed by atoms with Crippen molar-refractivity contribution >= 4 is 10.2 Å². The fourth-order valence-corrected chi connectivity index (χ4v) is 2.40. The minimum Gasteiger partial charge on any atom is -0.303 e. The monoisotopic (exact) mass is 175 g/mol. The molecule has 0 spiro atoms. The van der Waals surface area contributed by atoms with Crippen molar-refractivity contribution in [3.8, 4) is 0 Å². The Labute approximate surface area is 71.4 Å². The molecule has 0 aromatic rings. The first-order valence-corrected chi connectivity index (χ1v) is 6.06. The molecule has 1 heterocycles. The molecule has 1 nitrogen and oxygen atoms in total. The molecule has 0 unspecified atom stereocenters. The highest BCUT2D eigenvalue weighted by Crippen LogP contribution is 2.18. The predicted octanol–water partition coefficient (Wildman–Crippen LogP) is 0.452. The zero-order valence-electron chi connectivity index (χ0n) is 7.35. The van der Waals surface area contributed by atoms with Gasteiger partial charge < -0.3 is 4.90 Å². The van der Waals surface area contributed by atoms with Crippen molar-refractivity contribution in [3.63, 3.8) is 0 Å². The van der Waals surface area contributed by atoms with E-state index in [1.807, 2.05) is 0 Å². The number of hydrogen-bond donors (Lipinski definition) is 0. The second-order valence-corrected chi connectivity index (χ2v) is 4.22. The van der Waals surface area contributed by atoms with E-state index in [2.05, 4.69) is 4.90 Å². The molecule has 66 valence electrons. The van der Waals surface area contributed by atoms with Gasteiger partial charge in [-0.25, -0.2) is 0 Å². The van der Waals surface area contributed by atoms with Crippen molar-refractivity contribution < 1.29 is 4.39 Å². The number of likely N-dealkylation sites (tertiary alicyclic amines) is 1. The number of rotatable bonds is 4. The summed E-state index contributed by atoms with van der Waals surface area (Å²) in [6, 6.07) is 1.42. The highest BCUT2D eigenvalue weighted by Gasteiger charge is 2.19. The highest BCUT2D eigenvalue weighted by atomic mass is 28.1. The van der Waals surface area contributed by atoms with Crippen LogP contribution >= 0.6 is 0 Å². The van der Waals surface area contributed by atoms with E-state index in [1.165, 1.54) is 35.8 Å². The van der Waals surface area contributed by atoms with Crippen LogP contribution < -0.4 is 0 Å². The molecule has 0 radical (unpaired) electrons. The van der Waals surface area contributed by atoms with Gasteiger partial charge >= 0.3 is 0 Å². The lowest BCUT2D eigenvalue weighted by atomic mass is 10.2. The van der Waals surface area contributed by atoms with Gasteiger partial charge in [0.25, 0.3) is 0 Å². The van der Waals surface area contributed by atoms with Crippen LogP contribution in [-0.2, 0) is 0 Å². The van der Waals surface area contributed by atoms with Gasteiger partial charge in [0.2, 0.25) is 0 Å². The molecule has 0 aromatic carbocycles. The maximum absolute atomic E-state index is 11.8. The number of alkyl halides is 1. The largest absolute Gasteiger partial charge is 0.303 e. The Morgan fingerprint density at radius 3 is 2.91 bits per heavy atom. The van der Waals surface area contributed by atoms with Crippen LogP contribution in [0.15, 0.2) is 0 Å². The van der Waals surface area contributed by atoms with Crippen LogP contribution in [0, 0.1) is 5.92 Å². The van der Waals surface area contributed by atoms with Crippen molar-refractivity contribution in [1.29, 1.82) is 0 Å². The quantitative estimate of drug-likeness (QED) is 0.561. The highest BCUT2D eigenvalue weighted by molar-refractivity contribution is 6.08. The Hall–Kier alpha value is 0.107. The molecule has 0 bridgehead atoms. The van der Waals surface area contributed by atoms with Crippen molar-refractivity contribution in [2.45, 2.75) is 18.9 Å². The summed E-state index contributed by atoms with van der Waals surface area (Å²) in [5, 5.41) is 0. The van der Waals surface area contributed by atoms with Crippen LogP contribution in [0.2, 0.25) is 6.04 Å². The molecule has 1 rings (SSSR count). The zero-order valence-corrected chi connectivity index (χ0v) is 9.35. The molecular formula is C8H18FNSi. The minimum absolute atomic E-state index is 0.151. The number of halogens is 1. The minimum atomic E-state index is -0.151. The van der Waals surface area contributed by atoms with Crippen molar-refractivity contribution in [2.24, 2.45) is 5.92 Å². The molecule has 1 fully saturated rings. The Morgan fingerprint density at radius 2 is 2.36 bits per heavy atom. The molecule has 0 aliphatic carbocycles. The van der Waals surface area contributed by atoms with Gasteiger partial charge in [0.15, 0.2) is 0 Å². The van der Waals surface area contributed by atoms with Gasteiger partial charge in [-0.05, 0) is 25.3 Å². The van der Waals surface area contributed by atoms with Crippen LogP contribution in [0.3, 0.4) is 0 Å². The topological polar surface area (TPSA) is 3.24 Å². The van der Waals surface area contributed by atoms with E-state index in [4.69, 9.17) is 0 Å². The van der Waals surface area contributed by atoms with Gasteiger partial charge in [-0.1, -0.05) is 6.04 Å². The lowest BCUT2D eigenvalue weighted by Crippen LogP contribution is -2.22. The summed E-state index contributed by atoms with van der Waals surface area (Å²) in [6.07, 6.45) is 2.09. The van der Waals surface area contributed by atoms with Gasteiger partial charge in [0, 0.05) is 23.3 Å². The summed E-state index contributed by atoms with van der Waals surface area (Å²) >= 11 is 0. The standard InChI is InChI=1S/C8H18FNSi/c9-3-1-4-10-5-2-8(6-10)7-11/h8H,1-7H2,11H3/t8-/m0/s1. The van der Waals surface area contributed by atoms with E-state index in [1.54, 1.807) is 0 Å². The molecule has 0 aromatic heterocycles. The maximum atomic E-state index is 11.8. The Kier molecular flexibility index (Phi) is 4.08. The van der Waals surface area contributed by atoms with E-state index >= 15 is 0 Å². The average molecular weight is 175 g/mol.